The number of hydrogen-bond donors (Lipinski definition) is 0. The number of ketones is 1. The SMILES string of the molecule is C=CCN(C(/C=C/C)C(C(C)=O)C(C)C)[C@@H](C)c1ccccc1. The summed E-state index contributed by atoms with van der Waals surface area (Å²) in [4.78, 5) is 14.7. The van der Waals surface area contributed by atoms with Gasteiger partial charge in [-0.15, -0.1) is 6.58 Å². The largest absolute Gasteiger partial charge is 0.300 e. The molecule has 126 valence electrons. The molecule has 0 aliphatic heterocycles. The molecule has 3 atom stereocenters. The van der Waals surface area contributed by atoms with Gasteiger partial charge in [-0.2, -0.15) is 0 Å². The summed E-state index contributed by atoms with van der Waals surface area (Å²) in [6.07, 6.45) is 6.14. The van der Waals surface area contributed by atoms with E-state index in [1.54, 1.807) is 6.92 Å². The Bertz CT molecular complexity index is 518. The van der Waals surface area contributed by atoms with Gasteiger partial charge in [0.2, 0.25) is 0 Å². The van der Waals surface area contributed by atoms with E-state index in [9.17, 15) is 4.79 Å². The number of hydrogen-bond acceptors (Lipinski definition) is 2. The normalized spacial score (nSPS) is 15.8. The van der Waals surface area contributed by atoms with Gasteiger partial charge in [-0.1, -0.05) is 62.4 Å². The van der Waals surface area contributed by atoms with Crippen LogP contribution < -0.4 is 0 Å². The number of carbonyl (C=O) groups is 1. The van der Waals surface area contributed by atoms with Crippen molar-refractivity contribution in [3.05, 3.63) is 60.7 Å². The van der Waals surface area contributed by atoms with Crippen LogP contribution in [0.4, 0.5) is 0 Å². The van der Waals surface area contributed by atoms with E-state index in [0.29, 0.717) is 5.92 Å². The summed E-state index contributed by atoms with van der Waals surface area (Å²) < 4.78 is 0. The molecule has 1 aromatic rings. The highest BCUT2D eigenvalue weighted by molar-refractivity contribution is 5.79. The van der Waals surface area contributed by atoms with Crippen molar-refractivity contribution < 1.29 is 4.79 Å². The van der Waals surface area contributed by atoms with Crippen LogP contribution in [0.3, 0.4) is 0 Å². The van der Waals surface area contributed by atoms with Gasteiger partial charge in [0.1, 0.15) is 5.78 Å². The van der Waals surface area contributed by atoms with Gasteiger partial charge >= 0.3 is 0 Å². The molecule has 0 radical (unpaired) electrons. The van der Waals surface area contributed by atoms with Crippen molar-refractivity contribution in [3.8, 4) is 0 Å². The molecule has 0 N–H and O–H groups in total. The lowest BCUT2D eigenvalue weighted by Gasteiger charge is -2.39. The maximum atomic E-state index is 12.3. The average Bonchev–Trinajstić information content (AvgIpc) is 2.51. The smallest absolute Gasteiger partial charge is 0.135 e. The molecule has 0 saturated carbocycles. The van der Waals surface area contributed by atoms with Gasteiger partial charge in [0.05, 0.1) is 0 Å². The first-order valence-corrected chi connectivity index (χ1v) is 8.48. The molecule has 0 heterocycles. The summed E-state index contributed by atoms with van der Waals surface area (Å²) in [6, 6.07) is 10.7. The average molecular weight is 313 g/mol. The zero-order valence-corrected chi connectivity index (χ0v) is 15.2. The second-order valence-electron chi connectivity index (χ2n) is 6.47. The molecule has 1 rings (SSSR count). The number of allylic oxidation sites excluding steroid dienone is 1. The lowest BCUT2D eigenvalue weighted by molar-refractivity contribution is -0.124. The Morgan fingerprint density at radius 1 is 1.22 bits per heavy atom. The minimum atomic E-state index is -0.0164. The molecular formula is C21H31NO. The fourth-order valence-corrected chi connectivity index (χ4v) is 3.35. The third kappa shape index (κ3) is 5.18. The molecule has 0 fully saturated rings. The zero-order valence-electron chi connectivity index (χ0n) is 15.2. The zero-order chi connectivity index (χ0) is 17.4. The van der Waals surface area contributed by atoms with E-state index >= 15 is 0 Å². The van der Waals surface area contributed by atoms with Crippen molar-refractivity contribution in [2.45, 2.75) is 46.7 Å². The standard InChI is InChI=1S/C21H31NO/c1-7-12-20(21(16(3)4)18(6)23)22(15-8-2)17(5)19-13-10-9-11-14-19/h7-14,16-17,20-21H,2,15H2,1,3-6H3/b12-7+/t17-,20?,21?/m0/s1. The van der Waals surface area contributed by atoms with E-state index < -0.39 is 0 Å². The Balaban J connectivity index is 3.25. The summed E-state index contributed by atoms with van der Waals surface area (Å²) >= 11 is 0. The van der Waals surface area contributed by atoms with Crippen LogP contribution in [0.1, 0.15) is 46.2 Å². The summed E-state index contributed by atoms with van der Waals surface area (Å²) in [5.41, 5.74) is 1.26. The molecule has 0 amide bonds. The molecule has 1 aromatic carbocycles. The van der Waals surface area contributed by atoms with Gasteiger partial charge in [-0.25, -0.2) is 0 Å². The van der Waals surface area contributed by atoms with E-state index in [4.69, 9.17) is 0 Å². The Morgan fingerprint density at radius 3 is 2.26 bits per heavy atom. The molecule has 0 bridgehead atoms. The molecule has 2 unspecified atom stereocenters. The van der Waals surface area contributed by atoms with E-state index in [2.05, 4.69) is 68.7 Å². The minimum Gasteiger partial charge on any atom is -0.300 e. The monoisotopic (exact) mass is 313 g/mol. The molecule has 2 heteroatoms. The Kier molecular flexibility index (Phi) is 7.97. The summed E-state index contributed by atoms with van der Waals surface area (Å²) in [5.74, 6) is 0.527. The topological polar surface area (TPSA) is 20.3 Å². The molecule has 0 aliphatic carbocycles. The van der Waals surface area contributed by atoms with Crippen LogP contribution >= 0.6 is 0 Å². The highest BCUT2D eigenvalue weighted by Gasteiger charge is 2.33. The number of rotatable bonds is 9. The van der Waals surface area contributed by atoms with Gasteiger partial charge in [0.25, 0.3) is 0 Å². The van der Waals surface area contributed by atoms with Crippen molar-refractivity contribution in [2.24, 2.45) is 11.8 Å². The minimum absolute atomic E-state index is 0.0164. The second kappa shape index (κ2) is 9.46. The second-order valence-corrected chi connectivity index (χ2v) is 6.47. The van der Waals surface area contributed by atoms with E-state index in [-0.39, 0.29) is 23.8 Å². The van der Waals surface area contributed by atoms with Crippen LogP contribution in [0.2, 0.25) is 0 Å². The van der Waals surface area contributed by atoms with Crippen molar-refractivity contribution in [1.29, 1.82) is 0 Å². The van der Waals surface area contributed by atoms with Crippen LogP contribution in [0.5, 0.6) is 0 Å². The third-order valence-corrected chi connectivity index (χ3v) is 4.45. The Labute approximate surface area is 141 Å². The van der Waals surface area contributed by atoms with E-state index in [0.717, 1.165) is 6.54 Å². The van der Waals surface area contributed by atoms with Gasteiger partial charge in [-0.05, 0) is 32.3 Å². The Hall–Kier alpha value is -1.67. The number of nitrogens with zero attached hydrogens (tertiary/aromatic N) is 1. The van der Waals surface area contributed by atoms with Crippen LogP contribution in [0.15, 0.2) is 55.1 Å². The fourth-order valence-electron chi connectivity index (χ4n) is 3.35. The van der Waals surface area contributed by atoms with Gasteiger partial charge < -0.3 is 0 Å². The van der Waals surface area contributed by atoms with E-state index in [1.165, 1.54) is 5.56 Å². The number of Topliss-reactive ketones (excluding diaryl/α,β-unsaturated/α-hetero) is 1. The molecule has 0 saturated heterocycles. The maximum Gasteiger partial charge on any atom is 0.135 e. The molecule has 2 nitrogen and oxygen atoms in total. The quantitative estimate of drug-likeness (QED) is 0.595. The fraction of sp³-hybridized carbons (Fsp3) is 0.476. The van der Waals surface area contributed by atoms with Crippen LogP contribution in [-0.2, 0) is 4.79 Å². The van der Waals surface area contributed by atoms with Crippen molar-refractivity contribution in [3.63, 3.8) is 0 Å². The summed E-state index contributed by atoms with van der Waals surface area (Å²) in [7, 11) is 0. The van der Waals surface area contributed by atoms with Crippen LogP contribution in [0.25, 0.3) is 0 Å². The van der Waals surface area contributed by atoms with Gasteiger partial charge in [0, 0.05) is 24.5 Å². The van der Waals surface area contributed by atoms with Gasteiger partial charge in [-0.3, -0.25) is 9.69 Å². The number of carbonyl (C=O) groups excluding carboxylic acids is 1. The predicted molar refractivity (Wildman–Crippen MR) is 99.4 cm³/mol. The van der Waals surface area contributed by atoms with Gasteiger partial charge in [0.15, 0.2) is 0 Å². The Morgan fingerprint density at radius 2 is 1.83 bits per heavy atom. The van der Waals surface area contributed by atoms with Crippen molar-refractivity contribution in [1.82, 2.24) is 4.90 Å². The summed E-state index contributed by atoms with van der Waals surface area (Å²) in [6.45, 7) is 14.9. The highest BCUT2D eigenvalue weighted by Crippen LogP contribution is 2.30. The first-order valence-electron chi connectivity index (χ1n) is 8.48. The van der Waals surface area contributed by atoms with Crippen molar-refractivity contribution in [2.75, 3.05) is 6.54 Å². The highest BCUT2D eigenvalue weighted by atomic mass is 16.1. The van der Waals surface area contributed by atoms with Crippen LogP contribution in [-0.4, -0.2) is 23.3 Å². The lowest BCUT2D eigenvalue weighted by Crippen LogP contribution is -2.45. The first-order chi connectivity index (χ1) is 10.9. The van der Waals surface area contributed by atoms with Crippen LogP contribution in [0, 0.1) is 11.8 Å². The molecule has 0 aliphatic rings. The van der Waals surface area contributed by atoms with Crippen molar-refractivity contribution >= 4 is 5.78 Å². The first kappa shape index (κ1) is 19.4. The predicted octanol–water partition coefficient (Wildman–Crippen LogP) is 5.04. The lowest BCUT2D eigenvalue weighted by atomic mass is 9.83. The molecular weight excluding hydrogens is 282 g/mol. The molecule has 23 heavy (non-hydrogen) atoms. The third-order valence-electron chi connectivity index (χ3n) is 4.45. The molecule has 0 aromatic heterocycles. The van der Waals surface area contributed by atoms with E-state index in [1.807, 2.05) is 19.1 Å². The maximum absolute atomic E-state index is 12.3. The number of benzene rings is 1. The molecule has 0 spiro atoms. The summed E-state index contributed by atoms with van der Waals surface area (Å²) in [5, 5.41) is 0.